The second kappa shape index (κ2) is 6.83. The highest BCUT2D eigenvalue weighted by Crippen LogP contribution is 2.26. The maximum atomic E-state index is 13.4. The molecule has 7 heteroatoms. The van der Waals surface area contributed by atoms with Crippen LogP contribution >= 0.6 is 0 Å². The topological polar surface area (TPSA) is 75.6 Å². The third-order valence-corrected chi connectivity index (χ3v) is 3.65. The number of ether oxygens (including phenoxy) is 1. The summed E-state index contributed by atoms with van der Waals surface area (Å²) in [6, 6.07) is 3.14. The van der Waals surface area contributed by atoms with Crippen LogP contribution in [0.15, 0.2) is 18.2 Å². The molecule has 1 fully saturated rings. The lowest BCUT2D eigenvalue weighted by molar-refractivity contribution is -0.153. The Balaban J connectivity index is 1.84. The lowest BCUT2D eigenvalue weighted by Gasteiger charge is -2.12. The first-order chi connectivity index (χ1) is 10.4. The van der Waals surface area contributed by atoms with Gasteiger partial charge in [0, 0.05) is 6.54 Å². The van der Waals surface area contributed by atoms with Gasteiger partial charge >= 0.3 is 5.97 Å². The van der Waals surface area contributed by atoms with Gasteiger partial charge in [0.1, 0.15) is 17.7 Å². The van der Waals surface area contributed by atoms with E-state index in [9.17, 15) is 18.4 Å². The van der Waals surface area contributed by atoms with Gasteiger partial charge in [-0.05, 0) is 42.5 Å². The molecule has 0 unspecified atom stereocenters. The Hall–Kier alpha value is -2.02. The van der Waals surface area contributed by atoms with Gasteiger partial charge in [0.25, 0.3) is 0 Å². The van der Waals surface area contributed by atoms with Crippen molar-refractivity contribution in [3.05, 3.63) is 35.4 Å². The average Bonchev–Trinajstić information content (AvgIpc) is 2.85. The molecular formula is C15H17F2NO4. The number of carbonyl (C=O) groups is 2. The largest absolute Gasteiger partial charge is 0.479 e. The number of amides is 1. The lowest BCUT2D eigenvalue weighted by Crippen LogP contribution is -2.36. The maximum absolute atomic E-state index is 13.4. The number of benzene rings is 1. The van der Waals surface area contributed by atoms with Gasteiger partial charge < -0.3 is 15.2 Å². The Kier molecular flexibility index (Phi) is 5.07. The van der Waals surface area contributed by atoms with E-state index in [0.717, 1.165) is 18.2 Å². The van der Waals surface area contributed by atoms with E-state index in [4.69, 9.17) is 9.84 Å². The summed E-state index contributed by atoms with van der Waals surface area (Å²) in [5.41, 5.74) is 0.171. The highest BCUT2D eigenvalue weighted by atomic mass is 19.1. The van der Waals surface area contributed by atoms with Gasteiger partial charge in [0.2, 0.25) is 5.91 Å². The number of aliphatic carboxylic acids is 1. The zero-order chi connectivity index (χ0) is 16.3. The molecule has 22 heavy (non-hydrogen) atoms. The number of rotatable bonds is 5. The van der Waals surface area contributed by atoms with Crippen molar-refractivity contribution in [1.82, 2.24) is 5.32 Å². The second-order valence-electron chi connectivity index (χ2n) is 5.37. The molecule has 0 bridgehead atoms. The predicted molar refractivity (Wildman–Crippen MR) is 73.1 cm³/mol. The van der Waals surface area contributed by atoms with E-state index in [-0.39, 0.29) is 24.4 Å². The Morgan fingerprint density at radius 3 is 2.77 bits per heavy atom. The van der Waals surface area contributed by atoms with Crippen LogP contribution in [0.1, 0.15) is 18.9 Å². The van der Waals surface area contributed by atoms with Crippen LogP contribution in [0, 0.1) is 17.6 Å². The van der Waals surface area contributed by atoms with Crippen molar-refractivity contribution >= 4 is 11.9 Å². The Labute approximate surface area is 126 Å². The number of hydrogen-bond acceptors (Lipinski definition) is 3. The van der Waals surface area contributed by atoms with Crippen molar-refractivity contribution in [2.24, 2.45) is 5.92 Å². The molecule has 0 spiro atoms. The quantitative estimate of drug-likeness (QED) is 0.864. The van der Waals surface area contributed by atoms with Crippen LogP contribution in [0.2, 0.25) is 0 Å². The minimum atomic E-state index is -1.09. The molecule has 0 aliphatic carbocycles. The highest BCUT2D eigenvalue weighted by Gasteiger charge is 2.40. The maximum Gasteiger partial charge on any atom is 0.333 e. The van der Waals surface area contributed by atoms with Crippen molar-refractivity contribution in [3.63, 3.8) is 0 Å². The van der Waals surface area contributed by atoms with Gasteiger partial charge in [-0.25, -0.2) is 13.6 Å². The van der Waals surface area contributed by atoms with Crippen LogP contribution in [0.5, 0.6) is 0 Å². The van der Waals surface area contributed by atoms with E-state index >= 15 is 0 Å². The molecule has 0 aromatic heterocycles. The zero-order valence-electron chi connectivity index (χ0n) is 12.0. The Morgan fingerprint density at radius 2 is 2.14 bits per heavy atom. The van der Waals surface area contributed by atoms with Gasteiger partial charge in [0.15, 0.2) is 6.10 Å². The van der Waals surface area contributed by atoms with Crippen molar-refractivity contribution < 1.29 is 28.2 Å². The minimum Gasteiger partial charge on any atom is -0.479 e. The molecule has 1 aliphatic rings. The molecule has 0 saturated carbocycles. The Bertz CT molecular complexity index is 579. The smallest absolute Gasteiger partial charge is 0.333 e. The van der Waals surface area contributed by atoms with E-state index in [1.807, 2.05) is 0 Å². The third-order valence-electron chi connectivity index (χ3n) is 3.65. The monoisotopic (exact) mass is 313 g/mol. The number of halogens is 2. The molecule has 1 aromatic rings. The Morgan fingerprint density at radius 1 is 1.41 bits per heavy atom. The van der Waals surface area contributed by atoms with Crippen LogP contribution in [0.25, 0.3) is 0 Å². The molecule has 1 aromatic carbocycles. The van der Waals surface area contributed by atoms with E-state index in [0.29, 0.717) is 6.42 Å². The molecule has 120 valence electrons. The molecule has 2 N–H and O–H groups in total. The average molecular weight is 313 g/mol. The number of carbonyl (C=O) groups excluding carboxylic acids is 1. The summed E-state index contributed by atoms with van der Waals surface area (Å²) in [5, 5.41) is 11.5. The minimum absolute atomic E-state index is 0.116. The summed E-state index contributed by atoms with van der Waals surface area (Å²) in [4.78, 5) is 22.8. The molecule has 1 aliphatic heterocycles. The summed E-state index contributed by atoms with van der Waals surface area (Å²) in [6.07, 6.45) is -1.36. The fourth-order valence-corrected chi connectivity index (χ4v) is 2.47. The number of carboxylic acids is 1. The van der Waals surface area contributed by atoms with Crippen LogP contribution in [0.4, 0.5) is 8.78 Å². The van der Waals surface area contributed by atoms with Gasteiger partial charge in [-0.2, -0.15) is 0 Å². The van der Waals surface area contributed by atoms with Gasteiger partial charge in [0.05, 0.1) is 0 Å². The molecule has 1 amide bonds. The standard InChI is InChI=1S/C15H17F2NO4/c1-8-6-12(22-13(8)15(20)21)14(19)18-5-4-9-7-10(16)2-3-11(9)17/h2-3,7-8,12-13H,4-6H2,1H3,(H,18,19)(H,20,21)/t8-,12-,13-/m1/s1. The molecule has 1 heterocycles. The normalized spacial score (nSPS) is 24.2. The summed E-state index contributed by atoms with van der Waals surface area (Å²) < 4.78 is 31.6. The van der Waals surface area contributed by atoms with Crippen molar-refractivity contribution in [1.29, 1.82) is 0 Å². The first kappa shape index (κ1) is 16.4. The van der Waals surface area contributed by atoms with E-state index in [2.05, 4.69) is 5.32 Å². The highest BCUT2D eigenvalue weighted by molar-refractivity contribution is 5.82. The van der Waals surface area contributed by atoms with Crippen LogP contribution in [0.3, 0.4) is 0 Å². The third kappa shape index (κ3) is 3.79. The summed E-state index contributed by atoms with van der Waals surface area (Å²) in [7, 11) is 0. The number of carboxylic acid groups (broad SMARTS) is 1. The van der Waals surface area contributed by atoms with Crippen LogP contribution in [-0.4, -0.2) is 35.7 Å². The van der Waals surface area contributed by atoms with Crippen LogP contribution < -0.4 is 5.32 Å². The molecule has 0 radical (unpaired) electrons. The lowest BCUT2D eigenvalue weighted by atomic mass is 10.0. The van der Waals surface area contributed by atoms with Crippen LogP contribution in [-0.2, 0) is 20.7 Å². The SMILES string of the molecule is C[C@@H]1C[C@H](C(=O)NCCc2cc(F)ccc2F)O[C@H]1C(=O)O. The fraction of sp³-hybridized carbons (Fsp3) is 0.467. The molecular weight excluding hydrogens is 296 g/mol. The molecule has 2 rings (SSSR count). The fourth-order valence-electron chi connectivity index (χ4n) is 2.47. The molecule has 3 atom stereocenters. The van der Waals surface area contributed by atoms with Gasteiger partial charge in [-0.1, -0.05) is 6.92 Å². The van der Waals surface area contributed by atoms with E-state index in [1.54, 1.807) is 6.92 Å². The molecule has 1 saturated heterocycles. The summed E-state index contributed by atoms with van der Waals surface area (Å²) in [5.74, 6) is -2.86. The second-order valence-corrected chi connectivity index (χ2v) is 5.37. The first-order valence-corrected chi connectivity index (χ1v) is 6.98. The predicted octanol–water partition coefficient (Wildman–Crippen LogP) is 1.50. The summed E-state index contributed by atoms with van der Waals surface area (Å²) >= 11 is 0. The van der Waals surface area contributed by atoms with E-state index < -0.39 is 35.7 Å². The molecule has 5 nitrogen and oxygen atoms in total. The van der Waals surface area contributed by atoms with Crippen molar-refractivity contribution in [2.45, 2.75) is 32.0 Å². The van der Waals surface area contributed by atoms with Crippen molar-refractivity contribution in [2.75, 3.05) is 6.54 Å². The first-order valence-electron chi connectivity index (χ1n) is 6.98. The zero-order valence-corrected chi connectivity index (χ0v) is 12.0. The van der Waals surface area contributed by atoms with E-state index in [1.165, 1.54) is 0 Å². The number of hydrogen-bond donors (Lipinski definition) is 2. The van der Waals surface area contributed by atoms with Crippen molar-refractivity contribution in [3.8, 4) is 0 Å². The summed E-state index contributed by atoms with van der Waals surface area (Å²) in [6.45, 7) is 1.82. The number of nitrogens with one attached hydrogen (secondary N) is 1. The van der Waals surface area contributed by atoms with Gasteiger partial charge in [-0.15, -0.1) is 0 Å². The van der Waals surface area contributed by atoms with Gasteiger partial charge in [-0.3, -0.25) is 4.79 Å².